The molecule has 5 nitrogen and oxygen atoms in total. The highest BCUT2D eigenvalue weighted by Crippen LogP contribution is 2.08. The Bertz CT molecular complexity index is 486. The summed E-state index contributed by atoms with van der Waals surface area (Å²) >= 11 is 0. The predicted octanol–water partition coefficient (Wildman–Crippen LogP) is 1.50. The third-order valence-corrected chi connectivity index (χ3v) is 2.66. The van der Waals surface area contributed by atoms with Crippen molar-refractivity contribution >= 4 is 0 Å². The summed E-state index contributed by atoms with van der Waals surface area (Å²) < 4.78 is 1.93. The molecule has 2 aromatic heterocycles. The van der Waals surface area contributed by atoms with Crippen LogP contribution in [-0.2, 0) is 12.8 Å². The quantitative estimate of drug-likeness (QED) is 0.866. The van der Waals surface area contributed by atoms with Gasteiger partial charge in [0, 0.05) is 37.3 Å². The molecule has 5 heteroatoms. The van der Waals surface area contributed by atoms with E-state index in [0.717, 1.165) is 30.7 Å². The number of aryl methyl sites for hydroxylation is 1. The van der Waals surface area contributed by atoms with Crippen LogP contribution in [0.2, 0.25) is 0 Å². The summed E-state index contributed by atoms with van der Waals surface area (Å²) in [5.74, 6) is 1.67. The number of hydrogen-bond acceptors (Lipinski definition) is 4. The lowest BCUT2D eigenvalue weighted by atomic mass is 10.1. The first-order chi connectivity index (χ1) is 8.70. The molecule has 0 aromatic carbocycles. The molecule has 0 aliphatic rings. The Balaban J connectivity index is 2.20. The molecule has 1 atom stereocenters. The number of nitrogens with zero attached hydrogens (tertiary/aromatic N) is 4. The Morgan fingerprint density at radius 2 is 2.00 bits per heavy atom. The van der Waals surface area contributed by atoms with Gasteiger partial charge in [0.15, 0.2) is 0 Å². The molecule has 0 fully saturated rings. The summed E-state index contributed by atoms with van der Waals surface area (Å²) in [4.78, 5) is 13.1. The van der Waals surface area contributed by atoms with Gasteiger partial charge in [-0.1, -0.05) is 6.92 Å². The van der Waals surface area contributed by atoms with Crippen LogP contribution in [-0.4, -0.2) is 25.6 Å². The van der Waals surface area contributed by atoms with E-state index in [0.29, 0.717) is 5.95 Å². The molecule has 2 N–H and O–H groups in total. The summed E-state index contributed by atoms with van der Waals surface area (Å²) in [5.41, 5.74) is 6.81. The molecule has 1 unspecified atom stereocenters. The minimum absolute atomic E-state index is 0.128. The van der Waals surface area contributed by atoms with Crippen LogP contribution in [0.3, 0.4) is 0 Å². The van der Waals surface area contributed by atoms with Crippen molar-refractivity contribution in [2.24, 2.45) is 5.73 Å². The van der Waals surface area contributed by atoms with E-state index in [1.807, 2.05) is 30.1 Å². The molecule has 2 heterocycles. The Labute approximate surface area is 107 Å². The van der Waals surface area contributed by atoms with Crippen LogP contribution in [0.4, 0.5) is 0 Å². The maximum atomic E-state index is 5.75. The molecule has 2 rings (SSSR count). The number of rotatable bonds is 5. The van der Waals surface area contributed by atoms with E-state index < -0.39 is 0 Å². The van der Waals surface area contributed by atoms with Crippen LogP contribution in [0.1, 0.15) is 31.7 Å². The number of aromatic nitrogens is 4. The summed E-state index contributed by atoms with van der Waals surface area (Å²) in [6, 6.07) is 0.128. The van der Waals surface area contributed by atoms with Crippen molar-refractivity contribution < 1.29 is 0 Å². The van der Waals surface area contributed by atoms with Crippen molar-refractivity contribution in [3.05, 3.63) is 36.2 Å². The first-order valence-corrected chi connectivity index (χ1v) is 6.29. The first kappa shape index (κ1) is 12.7. The van der Waals surface area contributed by atoms with E-state index in [9.17, 15) is 0 Å². The number of imidazole rings is 1. The maximum Gasteiger partial charge on any atom is 0.235 e. The van der Waals surface area contributed by atoms with Crippen molar-refractivity contribution in [1.82, 2.24) is 19.5 Å². The third kappa shape index (κ3) is 2.92. The number of hydrogen-bond donors (Lipinski definition) is 1. The molecule has 0 amide bonds. The molecular weight excluding hydrogens is 226 g/mol. The second-order valence-electron chi connectivity index (χ2n) is 4.54. The Kier molecular flexibility index (Phi) is 4.04. The van der Waals surface area contributed by atoms with Crippen molar-refractivity contribution in [2.45, 2.75) is 39.2 Å². The fourth-order valence-electron chi connectivity index (χ4n) is 1.87. The van der Waals surface area contributed by atoms with Gasteiger partial charge in [-0.25, -0.2) is 15.0 Å². The zero-order chi connectivity index (χ0) is 13.0. The maximum absolute atomic E-state index is 5.75. The normalized spacial score (nSPS) is 12.6. The molecule has 0 radical (unpaired) electrons. The van der Waals surface area contributed by atoms with Gasteiger partial charge in [0.2, 0.25) is 5.95 Å². The molecule has 96 valence electrons. The Morgan fingerprint density at radius 3 is 2.61 bits per heavy atom. The van der Waals surface area contributed by atoms with E-state index in [-0.39, 0.29) is 6.04 Å². The van der Waals surface area contributed by atoms with Gasteiger partial charge in [-0.3, -0.25) is 4.57 Å². The Hall–Kier alpha value is -1.75. The summed E-state index contributed by atoms with van der Waals surface area (Å²) in [7, 11) is 0. The summed E-state index contributed by atoms with van der Waals surface area (Å²) in [5, 5.41) is 0. The third-order valence-electron chi connectivity index (χ3n) is 2.66. The van der Waals surface area contributed by atoms with E-state index in [2.05, 4.69) is 21.9 Å². The molecule has 0 saturated carbocycles. The van der Waals surface area contributed by atoms with Crippen LogP contribution in [0.5, 0.6) is 0 Å². The lowest BCUT2D eigenvalue weighted by molar-refractivity contribution is 0.726. The molecule has 2 aromatic rings. The minimum atomic E-state index is 0.128. The van der Waals surface area contributed by atoms with Gasteiger partial charge in [0.1, 0.15) is 5.82 Å². The molecule has 0 saturated heterocycles. The van der Waals surface area contributed by atoms with E-state index in [1.165, 1.54) is 0 Å². The largest absolute Gasteiger partial charge is 0.328 e. The molecule has 0 bridgehead atoms. The van der Waals surface area contributed by atoms with Crippen molar-refractivity contribution in [3.63, 3.8) is 0 Å². The van der Waals surface area contributed by atoms with Crippen LogP contribution in [0.15, 0.2) is 24.8 Å². The van der Waals surface area contributed by atoms with E-state index >= 15 is 0 Å². The fraction of sp³-hybridized carbons (Fsp3) is 0.462. The minimum Gasteiger partial charge on any atom is -0.328 e. The summed E-state index contributed by atoms with van der Waals surface area (Å²) in [6.07, 6.45) is 10.1. The van der Waals surface area contributed by atoms with Crippen molar-refractivity contribution in [1.29, 1.82) is 0 Å². The fourth-order valence-corrected chi connectivity index (χ4v) is 1.87. The predicted molar refractivity (Wildman–Crippen MR) is 70.5 cm³/mol. The van der Waals surface area contributed by atoms with Gasteiger partial charge in [-0.05, 0) is 25.3 Å². The van der Waals surface area contributed by atoms with Crippen LogP contribution in [0.25, 0.3) is 5.95 Å². The van der Waals surface area contributed by atoms with Gasteiger partial charge in [-0.15, -0.1) is 0 Å². The highest BCUT2D eigenvalue weighted by Gasteiger charge is 2.07. The highest BCUT2D eigenvalue weighted by atomic mass is 15.2. The average molecular weight is 245 g/mol. The standard InChI is InChI=1S/C13H19N5/c1-3-4-12-15-5-6-18(12)13-16-8-11(9-17-13)7-10(2)14/h5-6,8-10H,3-4,7,14H2,1-2H3. The second-order valence-corrected chi connectivity index (χ2v) is 4.54. The molecule has 0 aliphatic carbocycles. The molecule has 0 aliphatic heterocycles. The van der Waals surface area contributed by atoms with Crippen molar-refractivity contribution in [2.75, 3.05) is 0 Å². The van der Waals surface area contributed by atoms with Crippen molar-refractivity contribution in [3.8, 4) is 5.95 Å². The summed E-state index contributed by atoms with van der Waals surface area (Å²) in [6.45, 7) is 4.11. The smallest absolute Gasteiger partial charge is 0.235 e. The first-order valence-electron chi connectivity index (χ1n) is 6.29. The SMILES string of the molecule is CCCc1nccn1-c1ncc(CC(C)N)cn1. The lowest BCUT2D eigenvalue weighted by Crippen LogP contribution is -2.18. The van der Waals surface area contributed by atoms with Crippen LogP contribution in [0, 0.1) is 0 Å². The van der Waals surface area contributed by atoms with Gasteiger partial charge in [0.05, 0.1) is 0 Å². The van der Waals surface area contributed by atoms with Gasteiger partial charge < -0.3 is 5.73 Å². The van der Waals surface area contributed by atoms with Gasteiger partial charge in [0.25, 0.3) is 0 Å². The molecule has 18 heavy (non-hydrogen) atoms. The average Bonchev–Trinajstić information content (AvgIpc) is 2.78. The molecule has 0 spiro atoms. The van der Waals surface area contributed by atoms with Crippen LogP contribution < -0.4 is 5.73 Å². The second kappa shape index (κ2) is 5.73. The number of nitrogens with two attached hydrogens (primary N) is 1. The zero-order valence-corrected chi connectivity index (χ0v) is 10.9. The van der Waals surface area contributed by atoms with E-state index in [1.54, 1.807) is 6.20 Å². The van der Waals surface area contributed by atoms with Crippen LogP contribution >= 0.6 is 0 Å². The zero-order valence-electron chi connectivity index (χ0n) is 10.9. The highest BCUT2D eigenvalue weighted by molar-refractivity contribution is 5.18. The monoisotopic (exact) mass is 245 g/mol. The topological polar surface area (TPSA) is 69.6 Å². The van der Waals surface area contributed by atoms with Gasteiger partial charge in [-0.2, -0.15) is 0 Å². The lowest BCUT2D eigenvalue weighted by Gasteiger charge is -2.07. The molecular formula is C13H19N5. The van der Waals surface area contributed by atoms with Gasteiger partial charge >= 0.3 is 0 Å². The van der Waals surface area contributed by atoms with E-state index in [4.69, 9.17) is 5.73 Å². The Morgan fingerprint density at radius 1 is 1.28 bits per heavy atom.